The Kier molecular flexibility index (Phi) is 6.01. The van der Waals surface area contributed by atoms with Gasteiger partial charge in [-0.25, -0.2) is 18.4 Å². The van der Waals surface area contributed by atoms with Gasteiger partial charge in [0, 0.05) is 57.0 Å². The normalized spacial score (nSPS) is 18.5. The third kappa shape index (κ3) is 4.46. The number of carbonyl (C=O) groups excluding carboxylic acids is 1. The number of likely N-dealkylation sites (tertiary alicyclic amines) is 1. The summed E-state index contributed by atoms with van der Waals surface area (Å²) < 4.78 is 32.6. The summed E-state index contributed by atoms with van der Waals surface area (Å²) in [6, 6.07) is 6.64. The third-order valence-corrected chi connectivity index (χ3v) is 7.48. The molecule has 4 rings (SSSR count). The molecular weight excluding hydrogens is 404 g/mol. The van der Waals surface area contributed by atoms with Crippen LogP contribution in [0.15, 0.2) is 41.6 Å². The van der Waals surface area contributed by atoms with Gasteiger partial charge in [0.15, 0.2) is 0 Å². The minimum Gasteiger partial charge on any atom is -0.460 e. The number of ether oxygens (including phenoxy) is 1. The summed E-state index contributed by atoms with van der Waals surface area (Å²) in [5, 5.41) is 0. The van der Waals surface area contributed by atoms with E-state index in [1.165, 1.54) is 16.4 Å². The van der Waals surface area contributed by atoms with Gasteiger partial charge >= 0.3 is 6.01 Å². The number of rotatable bonds is 5. The molecule has 1 aromatic heterocycles. The second-order valence-corrected chi connectivity index (χ2v) is 9.73. The van der Waals surface area contributed by atoms with Gasteiger partial charge in [-0.05, 0) is 49.6 Å². The van der Waals surface area contributed by atoms with E-state index in [0.29, 0.717) is 50.6 Å². The van der Waals surface area contributed by atoms with Gasteiger partial charge < -0.3 is 9.64 Å². The van der Waals surface area contributed by atoms with Crippen LogP contribution in [-0.4, -0.2) is 65.8 Å². The van der Waals surface area contributed by atoms with Crippen molar-refractivity contribution in [1.29, 1.82) is 0 Å². The lowest BCUT2D eigenvalue weighted by Crippen LogP contribution is -2.42. The molecule has 30 heavy (non-hydrogen) atoms. The van der Waals surface area contributed by atoms with Gasteiger partial charge in [-0.2, -0.15) is 4.31 Å². The fourth-order valence-corrected chi connectivity index (χ4v) is 5.31. The SMILES string of the molecule is Cc1cnc(OC2CCN(C(=O)c3ccc(S(=O)(=O)N4CCCC4)cc3)CC2)nc1. The molecule has 0 spiro atoms. The van der Waals surface area contributed by atoms with E-state index >= 15 is 0 Å². The van der Waals surface area contributed by atoms with Crippen LogP contribution in [0.25, 0.3) is 0 Å². The Morgan fingerprint density at radius 3 is 2.20 bits per heavy atom. The van der Waals surface area contributed by atoms with Crippen molar-refractivity contribution in [1.82, 2.24) is 19.2 Å². The van der Waals surface area contributed by atoms with Crippen LogP contribution in [0.3, 0.4) is 0 Å². The zero-order valence-corrected chi connectivity index (χ0v) is 17.8. The average Bonchev–Trinajstić information content (AvgIpc) is 3.31. The maximum atomic E-state index is 12.8. The highest BCUT2D eigenvalue weighted by atomic mass is 32.2. The van der Waals surface area contributed by atoms with E-state index in [2.05, 4.69) is 9.97 Å². The monoisotopic (exact) mass is 430 g/mol. The van der Waals surface area contributed by atoms with Crippen molar-refractivity contribution >= 4 is 15.9 Å². The summed E-state index contributed by atoms with van der Waals surface area (Å²) in [7, 11) is -3.47. The number of sulfonamides is 1. The van der Waals surface area contributed by atoms with Crippen molar-refractivity contribution in [3.8, 4) is 6.01 Å². The second kappa shape index (κ2) is 8.69. The molecule has 2 aliphatic rings. The highest BCUT2D eigenvalue weighted by molar-refractivity contribution is 7.89. The Morgan fingerprint density at radius 1 is 1.00 bits per heavy atom. The first-order valence-corrected chi connectivity index (χ1v) is 11.7. The van der Waals surface area contributed by atoms with Crippen molar-refractivity contribution in [2.75, 3.05) is 26.2 Å². The van der Waals surface area contributed by atoms with Crippen LogP contribution in [0.5, 0.6) is 6.01 Å². The van der Waals surface area contributed by atoms with Crippen LogP contribution in [0.4, 0.5) is 0 Å². The van der Waals surface area contributed by atoms with Crippen molar-refractivity contribution in [3.05, 3.63) is 47.8 Å². The molecule has 0 saturated carbocycles. The zero-order valence-electron chi connectivity index (χ0n) is 17.0. The number of piperidine rings is 1. The van der Waals surface area contributed by atoms with Gasteiger partial charge in [-0.1, -0.05) is 0 Å². The summed E-state index contributed by atoms with van der Waals surface area (Å²) in [4.78, 5) is 23.2. The summed E-state index contributed by atoms with van der Waals surface area (Å²) in [6.07, 6.45) is 6.60. The minimum atomic E-state index is -3.47. The summed E-state index contributed by atoms with van der Waals surface area (Å²) in [5.41, 5.74) is 1.47. The molecule has 0 unspecified atom stereocenters. The molecule has 2 fully saturated rings. The minimum absolute atomic E-state index is 0.0234. The highest BCUT2D eigenvalue weighted by Crippen LogP contribution is 2.22. The fraction of sp³-hybridized carbons (Fsp3) is 0.476. The zero-order chi connectivity index (χ0) is 21.1. The molecule has 1 amide bonds. The molecule has 160 valence electrons. The lowest BCUT2D eigenvalue weighted by molar-refractivity contribution is 0.0578. The molecule has 0 N–H and O–H groups in total. The first kappa shape index (κ1) is 20.7. The predicted octanol–water partition coefficient (Wildman–Crippen LogP) is 2.25. The Labute approximate surface area is 176 Å². The van der Waals surface area contributed by atoms with Gasteiger partial charge in [0.1, 0.15) is 6.10 Å². The van der Waals surface area contributed by atoms with Crippen molar-refractivity contribution in [2.45, 2.75) is 43.6 Å². The number of aromatic nitrogens is 2. The molecule has 0 radical (unpaired) electrons. The summed E-state index contributed by atoms with van der Waals surface area (Å²) in [6.45, 7) is 4.19. The number of carbonyl (C=O) groups is 1. The first-order valence-electron chi connectivity index (χ1n) is 10.3. The Morgan fingerprint density at radius 2 is 1.60 bits per heavy atom. The molecule has 2 saturated heterocycles. The standard InChI is InChI=1S/C21H26N4O4S/c1-16-14-22-21(23-15-16)29-18-8-12-24(13-9-18)20(26)17-4-6-19(7-5-17)30(27,28)25-10-2-3-11-25/h4-7,14-15,18H,2-3,8-13H2,1H3. The van der Waals surface area contributed by atoms with Crippen LogP contribution >= 0.6 is 0 Å². The van der Waals surface area contributed by atoms with E-state index in [4.69, 9.17) is 4.74 Å². The molecular formula is C21H26N4O4S. The predicted molar refractivity (Wildman–Crippen MR) is 111 cm³/mol. The van der Waals surface area contributed by atoms with Crippen LogP contribution < -0.4 is 4.74 Å². The molecule has 3 heterocycles. The number of nitrogens with zero attached hydrogens (tertiary/aromatic N) is 4. The van der Waals surface area contributed by atoms with Gasteiger partial charge in [-0.15, -0.1) is 0 Å². The van der Waals surface area contributed by atoms with Crippen LogP contribution in [0, 0.1) is 6.92 Å². The maximum absolute atomic E-state index is 12.8. The topological polar surface area (TPSA) is 92.7 Å². The largest absolute Gasteiger partial charge is 0.460 e. The maximum Gasteiger partial charge on any atom is 0.316 e. The summed E-state index contributed by atoms with van der Waals surface area (Å²) in [5.74, 6) is -0.0924. The van der Waals surface area contributed by atoms with E-state index in [1.807, 2.05) is 6.92 Å². The van der Waals surface area contributed by atoms with E-state index in [0.717, 1.165) is 18.4 Å². The van der Waals surface area contributed by atoms with E-state index in [-0.39, 0.29) is 16.9 Å². The van der Waals surface area contributed by atoms with Crippen molar-refractivity contribution < 1.29 is 17.9 Å². The summed E-state index contributed by atoms with van der Waals surface area (Å²) >= 11 is 0. The van der Waals surface area contributed by atoms with Crippen LogP contribution in [-0.2, 0) is 10.0 Å². The van der Waals surface area contributed by atoms with Gasteiger partial charge in [0.25, 0.3) is 5.91 Å². The van der Waals surface area contributed by atoms with Crippen LogP contribution in [0.1, 0.15) is 41.6 Å². The number of hydrogen-bond donors (Lipinski definition) is 0. The molecule has 9 heteroatoms. The Bertz CT molecular complexity index is 979. The number of aryl methyl sites for hydroxylation is 1. The molecule has 0 bridgehead atoms. The lowest BCUT2D eigenvalue weighted by Gasteiger charge is -2.31. The highest BCUT2D eigenvalue weighted by Gasteiger charge is 2.28. The molecule has 0 atom stereocenters. The van der Waals surface area contributed by atoms with Crippen molar-refractivity contribution in [3.63, 3.8) is 0 Å². The lowest BCUT2D eigenvalue weighted by atomic mass is 10.1. The smallest absolute Gasteiger partial charge is 0.316 e. The molecule has 0 aliphatic carbocycles. The third-order valence-electron chi connectivity index (χ3n) is 5.56. The van der Waals surface area contributed by atoms with Gasteiger partial charge in [0.2, 0.25) is 10.0 Å². The molecule has 8 nitrogen and oxygen atoms in total. The van der Waals surface area contributed by atoms with Gasteiger partial charge in [-0.3, -0.25) is 4.79 Å². The Hall–Kier alpha value is -2.52. The fourth-order valence-electron chi connectivity index (χ4n) is 3.80. The average molecular weight is 431 g/mol. The quantitative estimate of drug-likeness (QED) is 0.722. The second-order valence-electron chi connectivity index (χ2n) is 7.79. The first-order chi connectivity index (χ1) is 14.4. The molecule has 2 aromatic rings. The van der Waals surface area contributed by atoms with E-state index in [9.17, 15) is 13.2 Å². The van der Waals surface area contributed by atoms with Crippen molar-refractivity contribution in [2.24, 2.45) is 0 Å². The van der Waals surface area contributed by atoms with E-state index in [1.54, 1.807) is 29.4 Å². The number of benzene rings is 1. The van der Waals surface area contributed by atoms with Crippen LogP contribution in [0.2, 0.25) is 0 Å². The molecule has 2 aliphatic heterocycles. The van der Waals surface area contributed by atoms with Gasteiger partial charge in [0.05, 0.1) is 4.90 Å². The van der Waals surface area contributed by atoms with E-state index < -0.39 is 10.0 Å². The number of amides is 1. The number of hydrogen-bond acceptors (Lipinski definition) is 6. The Balaban J connectivity index is 1.34. The molecule has 1 aromatic carbocycles.